The van der Waals surface area contributed by atoms with E-state index in [-0.39, 0.29) is 11.5 Å². The Labute approximate surface area is 231 Å². The maximum atomic E-state index is 10.0. The van der Waals surface area contributed by atoms with Crippen molar-refractivity contribution < 1.29 is 9.26 Å². The molecule has 4 aromatic heterocycles. The number of aryl methyl sites for hydroxylation is 2. The highest BCUT2D eigenvalue weighted by Crippen LogP contribution is 2.55. The van der Waals surface area contributed by atoms with Gasteiger partial charge in [-0.1, -0.05) is 5.16 Å². The number of rotatable bonds is 4. The zero-order valence-electron chi connectivity index (χ0n) is 22.7. The van der Waals surface area contributed by atoms with Crippen molar-refractivity contribution in [2.75, 3.05) is 19.3 Å². The van der Waals surface area contributed by atoms with Crippen molar-refractivity contribution in [3.63, 3.8) is 0 Å². The van der Waals surface area contributed by atoms with Gasteiger partial charge >= 0.3 is 0 Å². The molecule has 5 heterocycles. The van der Waals surface area contributed by atoms with E-state index in [9.17, 15) is 5.26 Å². The molecule has 39 heavy (non-hydrogen) atoms. The second-order valence-corrected chi connectivity index (χ2v) is 12.6. The van der Waals surface area contributed by atoms with E-state index in [1.54, 1.807) is 17.7 Å². The first kappa shape index (κ1) is 24.6. The molecule has 10 heteroatoms. The minimum atomic E-state index is -0.360. The van der Waals surface area contributed by atoms with Crippen LogP contribution in [-0.4, -0.2) is 50.3 Å². The number of nitriles is 1. The molecule has 0 saturated carbocycles. The predicted molar refractivity (Wildman–Crippen MR) is 150 cm³/mol. The number of imidazole rings is 1. The molecule has 0 bridgehead atoms. The van der Waals surface area contributed by atoms with Crippen LogP contribution in [0.3, 0.4) is 0 Å². The second kappa shape index (κ2) is 9.07. The first-order valence-electron chi connectivity index (χ1n) is 13.9. The quantitative estimate of drug-likeness (QED) is 0.384. The second-order valence-electron chi connectivity index (χ2n) is 11.4. The minimum absolute atomic E-state index is 0.0226. The number of thiophene rings is 1. The summed E-state index contributed by atoms with van der Waals surface area (Å²) >= 11 is 1.56. The molecule has 3 aliphatic rings. The molecule has 0 amide bonds. The summed E-state index contributed by atoms with van der Waals surface area (Å²) in [5, 5.41) is 15.2. The SMILES string of the molecule is C[C@H](Oc1cc(-c2noc3c2CCC[C@@]32CCCc3sc(N)c(C#N)c32)nc2ncn(C)c12)[C@@H]1CCCN1C. The molecule has 7 rings (SSSR count). The molecule has 202 valence electrons. The van der Waals surface area contributed by atoms with Gasteiger partial charge in [-0.05, 0) is 77.4 Å². The maximum Gasteiger partial charge on any atom is 0.182 e. The number of nitrogens with zero attached hydrogens (tertiary/aromatic N) is 6. The number of nitrogen functional groups attached to an aromatic ring is 1. The fourth-order valence-electron chi connectivity index (χ4n) is 7.38. The molecule has 2 aliphatic carbocycles. The van der Waals surface area contributed by atoms with Gasteiger partial charge in [0.25, 0.3) is 0 Å². The van der Waals surface area contributed by atoms with Gasteiger partial charge in [0, 0.05) is 29.6 Å². The van der Waals surface area contributed by atoms with E-state index in [4.69, 9.17) is 20.0 Å². The van der Waals surface area contributed by atoms with Crippen molar-refractivity contribution in [2.45, 2.75) is 75.9 Å². The van der Waals surface area contributed by atoms with Gasteiger partial charge < -0.3 is 19.6 Å². The summed E-state index contributed by atoms with van der Waals surface area (Å²) in [6, 6.07) is 4.78. The number of fused-ring (bicyclic) bond motifs is 5. The van der Waals surface area contributed by atoms with Crippen LogP contribution in [0.5, 0.6) is 5.75 Å². The standard InChI is InChI=1S/C29H33N7O2S/c1-16(20-8-6-12-35(20)2)37-21-13-19(33-28-25(21)36(3)15-32-28)24-17-7-4-10-29(26(17)38-34-24)11-5-9-22-23(29)18(14-30)27(31)39-22/h13,15-16,20H,4-12,31H2,1-3H3/t16-,20-,29-/m0/s1. The third-order valence-electron chi connectivity index (χ3n) is 9.18. The van der Waals surface area contributed by atoms with Gasteiger partial charge in [0.2, 0.25) is 0 Å². The van der Waals surface area contributed by atoms with Crippen LogP contribution < -0.4 is 10.5 Å². The lowest BCUT2D eigenvalue weighted by Gasteiger charge is -2.39. The molecule has 2 N–H and O–H groups in total. The van der Waals surface area contributed by atoms with Crippen LogP contribution in [-0.2, 0) is 25.3 Å². The average Bonchev–Trinajstić information content (AvgIpc) is 3.70. The number of pyridine rings is 1. The lowest BCUT2D eigenvalue weighted by molar-refractivity contribution is 0.122. The third-order valence-corrected chi connectivity index (χ3v) is 10.3. The molecule has 1 aliphatic heterocycles. The van der Waals surface area contributed by atoms with Crippen LogP contribution in [0.25, 0.3) is 22.6 Å². The van der Waals surface area contributed by atoms with E-state index >= 15 is 0 Å². The number of anilines is 1. The van der Waals surface area contributed by atoms with Gasteiger partial charge in [0.15, 0.2) is 11.4 Å². The molecular weight excluding hydrogens is 510 g/mol. The number of hydrogen-bond donors (Lipinski definition) is 1. The Bertz CT molecular complexity index is 1620. The number of ether oxygens (including phenoxy) is 1. The highest BCUT2D eigenvalue weighted by molar-refractivity contribution is 7.16. The Kier molecular flexibility index (Phi) is 5.72. The minimum Gasteiger partial charge on any atom is -0.487 e. The van der Waals surface area contributed by atoms with Gasteiger partial charge in [-0.3, -0.25) is 4.90 Å². The fraction of sp³-hybridized carbons (Fsp3) is 0.517. The summed E-state index contributed by atoms with van der Waals surface area (Å²) in [6.45, 7) is 3.25. The molecule has 0 aromatic carbocycles. The Balaban J connectivity index is 1.34. The van der Waals surface area contributed by atoms with Crippen molar-refractivity contribution in [1.82, 2.24) is 24.6 Å². The normalized spacial score (nSPS) is 23.6. The zero-order chi connectivity index (χ0) is 26.9. The van der Waals surface area contributed by atoms with Crippen LogP contribution in [0.4, 0.5) is 5.00 Å². The largest absolute Gasteiger partial charge is 0.487 e. The lowest BCUT2D eigenvalue weighted by atomic mass is 9.63. The van der Waals surface area contributed by atoms with Gasteiger partial charge in [0.05, 0.1) is 23.0 Å². The zero-order valence-corrected chi connectivity index (χ0v) is 23.5. The van der Waals surface area contributed by atoms with Crippen LogP contribution in [0.1, 0.15) is 72.8 Å². The Morgan fingerprint density at radius 3 is 2.85 bits per heavy atom. The highest BCUT2D eigenvalue weighted by Gasteiger charge is 2.48. The lowest BCUT2D eigenvalue weighted by Crippen LogP contribution is -2.38. The summed E-state index contributed by atoms with van der Waals surface area (Å²) < 4.78 is 14.8. The van der Waals surface area contributed by atoms with Crippen molar-refractivity contribution in [3.8, 4) is 23.2 Å². The molecule has 1 spiro atoms. The van der Waals surface area contributed by atoms with Crippen molar-refractivity contribution in [3.05, 3.63) is 39.7 Å². The number of nitrogens with two attached hydrogens (primary N) is 1. The Morgan fingerprint density at radius 2 is 2.08 bits per heavy atom. The Hall–Kier alpha value is -3.42. The highest BCUT2D eigenvalue weighted by atomic mass is 32.1. The van der Waals surface area contributed by atoms with Crippen molar-refractivity contribution in [2.24, 2.45) is 7.05 Å². The number of hydrogen-bond acceptors (Lipinski definition) is 9. The number of likely N-dealkylation sites (tertiary alicyclic amines) is 1. The smallest absolute Gasteiger partial charge is 0.182 e. The van der Waals surface area contributed by atoms with Crippen LogP contribution in [0.15, 0.2) is 16.9 Å². The van der Waals surface area contributed by atoms with Crippen LogP contribution in [0.2, 0.25) is 0 Å². The fourth-order valence-corrected chi connectivity index (χ4v) is 8.55. The first-order chi connectivity index (χ1) is 18.9. The molecule has 1 saturated heterocycles. The molecule has 4 aromatic rings. The first-order valence-corrected chi connectivity index (χ1v) is 14.7. The van der Waals surface area contributed by atoms with Crippen LogP contribution in [0, 0.1) is 11.3 Å². The van der Waals surface area contributed by atoms with Crippen molar-refractivity contribution in [1.29, 1.82) is 5.26 Å². The van der Waals surface area contributed by atoms with Gasteiger partial charge in [0.1, 0.15) is 34.1 Å². The molecule has 0 unspecified atom stereocenters. The topological polar surface area (TPSA) is 119 Å². The van der Waals surface area contributed by atoms with Gasteiger partial charge in [-0.25, -0.2) is 9.97 Å². The van der Waals surface area contributed by atoms with Crippen LogP contribution >= 0.6 is 11.3 Å². The summed E-state index contributed by atoms with van der Waals surface area (Å²) in [5.41, 5.74) is 11.7. The monoisotopic (exact) mass is 543 g/mol. The average molecular weight is 544 g/mol. The summed E-state index contributed by atoms with van der Waals surface area (Å²) in [4.78, 5) is 13.1. The van der Waals surface area contributed by atoms with Gasteiger partial charge in [-0.2, -0.15) is 5.26 Å². The Morgan fingerprint density at radius 1 is 1.26 bits per heavy atom. The maximum absolute atomic E-state index is 10.0. The van der Waals surface area contributed by atoms with E-state index in [2.05, 4.69) is 35.1 Å². The third kappa shape index (κ3) is 3.63. The van der Waals surface area contributed by atoms with E-state index in [1.165, 1.54) is 11.3 Å². The van der Waals surface area contributed by atoms with Crippen molar-refractivity contribution >= 4 is 27.5 Å². The number of likely N-dealkylation sites (N-methyl/N-ethyl adjacent to an activating group) is 1. The van der Waals surface area contributed by atoms with E-state index in [0.717, 1.165) is 85.3 Å². The summed E-state index contributed by atoms with van der Waals surface area (Å²) in [6.07, 6.45) is 9.82. The summed E-state index contributed by atoms with van der Waals surface area (Å²) in [5.74, 6) is 1.65. The van der Waals surface area contributed by atoms with E-state index in [1.807, 2.05) is 17.7 Å². The van der Waals surface area contributed by atoms with E-state index in [0.29, 0.717) is 27.9 Å². The predicted octanol–water partition coefficient (Wildman–Crippen LogP) is 4.96. The van der Waals surface area contributed by atoms with E-state index < -0.39 is 0 Å². The molecule has 0 radical (unpaired) electrons. The van der Waals surface area contributed by atoms with Gasteiger partial charge in [-0.15, -0.1) is 11.3 Å². The molecular formula is C29H33N7O2S. The summed E-state index contributed by atoms with van der Waals surface area (Å²) in [7, 11) is 4.14. The molecule has 9 nitrogen and oxygen atoms in total. The molecule has 3 atom stereocenters. The molecule has 1 fully saturated rings. The number of aromatic nitrogens is 4.